The zero-order valence-corrected chi connectivity index (χ0v) is 17.8. The van der Waals surface area contributed by atoms with E-state index in [-0.39, 0.29) is 42.7 Å². The van der Waals surface area contributed by atoms with Gasteiger partial charge in [-0.25, -0.2) is 14.4 Å². The summed E-state index contributed by atoms with van der Waals surface area (Å²) in [5.41, 5.74) is 1.84. The lowest BCUT2D eigenvalue weighted by Crippen LogP contribution is -2.42. The highest BCUT2D eigenvalue weighted by molar-refractivity contribution is 7.22. The van der Waals surface area contributed by atoms with Crippen LogP contribution in [0.2, 0.25) is 0 Å². The van der Waals surface area contributed by atoms with E-state index < -0.39 is 0 Å². The second-order valence-corrected chi connectivity index (χ2v) is 8.05. The van der Waals surface area contributed by atoms with Gasteiger partial charge in [0.25, 0.3) is 5.91 Å². The lowest BCUT2D eigenvalue weighted by atomic mass is 10.1. The molecule has 0 radical (unpaired) electrons. The number of aromatic nitrogens is 1. The van der Waals surface area contributed by atoms with E-state index >= 15 is 0 Å². The largest absolute Gasteiger partial charge is 0.383 e. The van der Waals surface area contributed by atoms with E-state index in [0.29, 0.717) is 18.3 Å². The number of rotatable bonds is 7. The molecule has 1 aliphatic heterocycles. The first kappa shape index (κ1) is 21.1. The number of amides is 2. The molecule has 3 aromatic rings. The van der Waals surface area contributed by atoms with Gasteiger partial charge in [-0.1, -0.05) is 35.6 Å². The van der Waals surface area contributed by atoms with Crippen molar-refractivity contribution in [2.45, 2.75) is 19.4 Å². The minimum atomic E-state index is -0.349. The SMILES string of the molecule is COCCN(C(=O)C1=NN(Cc2ccc(F)cc2)C(=O)CC1)c1nc2ccccc2s1. The summed E-state index contributed by atoms with van der Waals surface area (Å²) in [5, 5.41) is 6.18. The lowest BCUT2D eigenvalue weighted by molar-refractivity contribution is -0.132. The van der Waals surface area contributed by atoms with Crippen LogP contribution in [-0.4, -0.2) is 47.8 Å². The summed E-state index contributed by atoms with van der Waals surface area (Å²) < 4.78 is 19.3. The maximum atomic E-state index is 13.3. The standard InChI is InChI=1S/C22H21FN4O3S/c1-30-13-12-26(22-24-17-4-2-3-5-19(17)31-22)21(29)18-10-11-20(28)27(25-18)14-15-6-8-16(23)9-7-15/h2-9H,10-14H2,1H3. The normalized spacial score (nSPS) is 14.1. The average Bonchev–Trinajstić information content (AvgIpc) is 3.21. The Morgan fingerprint density at radius 2 is 1.97 bits per heavy atom. The summed E-state index contributed by atoms with van der Waals surface area (Å²) in [6, 6.07) is 13.5. The zero-order chi connectivity index (χ0) is 21.8. The molecule has 0 saturated carbocycles. The van der Waals surface area contributed by atoms with Gasteiger partial charge in [0.2, 0.25) is 5.91 Å². The maximum Gasteiger partial charge on any atom is 0.276 e. The molecular formula is C22H21FN4O3S. The van der Waals surface area contributed by atoms with Gasteiger partial charge in [0, 0.05) is 20.0 Å². The summed E-state index contributed by atoms with van der Waals surface area (Å²) >= 11 is 1.42. The summed E-state index contributed by atoms with van der Waals surface area (Å²) in [6.07, 6.45) is 0.440. The number of carbonyl (C=O) groups excluding carboxylic acids is 2. The molecule has 0 saturated heterocycles. The molecule has 2 aromatic carbocycles. The summed E-state index contributed by atoms with van der Waals surface area (Å²) in [7, 11) is 1.57. The third-order valence-electron chi connectivity index (χ3n) is 4.88. The van der Waals surface area contributed by atoms with Crippen molar-refractivity contribution >= 4 is 44.2 Å². The predicted octanol–water partition coefficient (Wildman–Crippen LogP) is 3.59. The van der Waals surface area contributed by atoms with Gasteiger partial charge in [0.15, 0.2) is 5.13 Å². The van der Waals surface area contributed by atoms with Gasteiger partial charge in [-0.05, 0) is 29.8 Å². The Morgan fingerprint density at radius 3 is 2.71 bits per heavy atom. The molecule has 0 aliphatic carbocycles. The number of halogens is 1. The third kappa shape index (κ3) is 4.78. The highest BCUT2D eigenvalue weighted by Crippen LogP contribution is 2.29. The molecular weight excluding hydrogens is 419 g/mol. The number of para-hydroxylation sites is 1. The maximum absolute atomic E-state index is 13.3. The molecule has 2 amide bonds. The second-order valence-electron chi connectivity index (χ2n) is 7.04. The Bertz CT molecular complexity index is 1100. The van der Waals surface area contributed by atoms with Crippen molar-refractivity contribution in [3.8, 4) is 0 Å². The first-order valence-electron chi connectivity index (χ1n) is 9.84. The predicted molar refractivity (Wildman–Crippen MR) is 117 cm³/mol. The summed E-state index contributed by atoms with van der Waals surface area (Å²) in [5.74, 6) is -0.824. The van der Waals surface area contributed by atoms with Gasteiger partial charge in [-0.3, -0.25) is 14.5 Å². The van der Waals surface area contributed by atoms with Crippen molar-refractivity contribution in [1.82, 2.24) is 9.99 Å². The van der Waals surface area contributed by atoms with E-state index in [4.69, 9.17) is 4.74 Å². The number of nitrogens with zero attached hydrogens (tertiary/aromatic N) is 4. The Kier molecular flexibility index (Phi) is 6.34. The molecule has 0 unspecified atom stereocenters. The van der Waals surface area contributed by atoms with Gasteiger partial charge < -0.3 is 4.74 Å². The molecule has 160 valence electrons. The van der Waals surface area contributed by atoms with Gasteiger partial charge in [0.1, 0.15) is 11.5 Å². The monoisotopic (exact) mass is 440 g/mol. The molecule has 1 aliphatic rings. The number of anilines is 1. The van der Waals surface area contributed by atoms with E-state index in [1.54, 1.807) is 24.1 Å². The quantitative estimate of drug-likeness (QED) is 0.563. The van der Waals surface area contributed by atoms with Crippen LogP contribution < -0.4 is 4.90 Å². The highest BCUT2D eigenvalue weighted by atomic mass is 32.1. The van der Waals surface area contributed by atoms with Crippen LogP contribution in [0.4, 0.5) is 9.52 Å². The second kappa shape index (κ2) is 9.32. The van der Waals surface area contributed by atoms with E-state index in [1.807, 2.05) is 24.3 Å². The molecule has 0 atom stereocenters. The number of ether oxygens (including phenoxy) is 1. The molecule has 0 spiro atoms. The fourth-order valence-corrected chi connectivity index (χ4v) is 4.23. The van der Waals surface area contributed by atoms with Crippen molar-refractivity contribution in [1.29, 1.82) is 0 Å². The Morgan fingerprint density at radius 1 is 1.19 bits per heavy atom. The number of methoxy groups -OCH3 is 1. The fraction of sp³-hybridized carbons (Fsp3) is 0.273. The highest BCUT2D eigenvalue weighted by Gasteiger charge is 2.29. The van der Waals surface area contributed by atoms with Crippen molar-refractivity contribution in [3.63, 3.8) is 0 Å². The van der Waals surface area contributed by atoms with Crippen molar-refractivity contribution in [2.75, 3.05) is 25.2 Å². The molecule has 31 heavy (non-hydrogen) atoms. The van der Waals surface area contributed by atoms with Crippen molar-refractivity contribution < 1.29 is 18.7 Å². The van der Waals surface area contributed by atoms with Gasteiger partial charge in [0.05, 0.1) is 29.9 Å². The van der Waals surface area contributed by atoms with E-state index in [1.165, 1.54) is 28.5 Å². The summed E-state index contributed by atoms with van der Waals surface area (Å²) in [6.45, 7) is 0.836. The van der Waals surface area contributed by atoms with Crippen LogP contribution >= 0.6 is 11.3 Å². The van der Waals surface area contributed by atoms with E-state index in [9.17, 15) is 14.0 Å². The van der Waals surface area contributed by atoms with Crippen LogP contribution in [0.15, 0.2) is 53.6 Å². The Hall–Kier alpha value is -3.17. The molecule has 0 fully saturated rings. The first-order valence-corrected chi connectivity index (χ1v) is 10.7. The lowest BCUT2D eigenvalue weighted by Gasteiger charge is -2.26. The van der Waals surface area contributed by atoms with E-state index in [2.05, 4.69) is 10.1 Å². The first-order chi connectivity index (χ1) is 15.0. The number of hydrogen-bond donors (Lipinski definition) is 0. The van der Waals surface area contributed by atoms with Crippen molar-refractivity contribution in [3.05, 3.63) is 59.9 Å². The average molecular weight is 441 g/mol. The number of benzene rings is 2. The molecule has 9 heteroatoms. The van der Waals surface area contributed by atoms with E-state index in [0.717, 1.165) is 15.8 Å². The number of hydrogen-bond acceptors (Lipinski definition) is 6. The van der Waals surface area contributed by atoms with Crippen LogP contribution in [0.5, 0.6) is 0 Å². The number of fused-ring (bicyclic) bond motifs is 1. The zero-order valence-electron chi connectivity index (χ0n) is 17.0. The van der Waals surface area contributed by atoms with Gasteiger partial charge >= 0.3 is 0 Å². The molecule has 0 bridgehead atoms. The van der Waals surface area contributed by atoms with Crippen LogP contribution in [-0.2, 0) is 20.9 Å². The molecule has 7 nitrogen and oxygen atoms in total. The third-order valence-corrected chi connectivity index (χ3v) is 5.93. The minimum absolute atomic E-state index is 0.176. The molecule has 1 aromatic heterocycles. The van der Waals surface area contributed by atoms with Crippen LogP contribution in [0.3, 0.4) is 0 Å². The molecule has 4 rings (SSSR count). The van der Waals surface area contributed by atoms with Gasteiger partial charge in [-0.15, -0.1) is 0 Å². The topological polar surface area (TPSA) is 75.1 Å². The Labute approximate surface area is 182 Å². The Balaban J connectivity index is 1.60. The van der Waals surface area contributed by atoms with Crippen LogP contribution in [0, 0.1) is 5.82 Å². The van der Waals surface area contributed by atoms with Gasteiger partial charge in [-0.2, -0.15) is 5.10 Å². The number of carbonyl (C=O) groups is 2. The smallest absolute Gasteiger partial charge is 0.276 e. The number of thiazole rings is 1. The minimum Gasteiger partial charge on any atom is -0.383 e. The summed E-state index contributed by atoms with van der Waals surface area (Å²) in [4.78, 5) is 31.8. The number of hydrazone groups is 1. The molecule has 0 N–H and O–H groups in total. The van der Waals surface area contributed by atoms with Crippen LogP contribution in [0.1, 0.15) is 18.4 Å². The van der Waals surface area contributed by atoms with Crippen molar-refractivity contribution in [2.24, 2.45) is 5.10 Å². The molecule has 2 heterocycles. The fourth-order valence-electron chi connectivity index (χ4n) is 3.24. The van der Waals surface area contributed by atoms with Crippen LogP contribution in [0.25, 0.3) is 10.2 Å².